The van der Waals surface area contributed by atoms with Gasteiger partial charge >= 0.3 is 0 Å². The van der Waals surface area contributed by atoms with Gasteiger partial charge in [-0.1, -0.05) is 370 Å². The molecule has 15 atom stereocenters. The van der Waals surface area contributed by atoms with Gasteiger partial charge in [0.2, 0.25) is 0 Å². The van der Waals surface area contributed by atoms with Crippen molar-refractivity contribution >= 4 is 0 Å². The lowest BCUT2D eigenvalue weighted by Gasteiger charge is -2.43. The molecule has 0 heteroatoms. The van der Waals surface area contributed by atoms with E-state index in [1.807, 2.05) is 0 Å². The fourth-order valence-electron chi connectivity index (χ4n) is 24.2. The first-order chi connectivity index (χ1) is 48.3. The largest absolute Gasteiger partial charge is 0.0651 e. The van der Waals surface area contributed by atoms with Gasteiger partial charge in [-0.3, -0.25) is 0 Å². The SMILES string of the molecule is CC(C)C1CCCCCCC1.CC(C)C1CCCCCCCC1.CC(C)C1CCCCCCCCC1.CC(C)C1C[C@H]2CCCC[C@@H](C1)C2.CC(C)C1C[C@H]2CCC[C@@H](C1)C2.CC(C)CC[C@@H]1CCCC(C)(C)C1.CC1C[C@@H]2CC(C(C)C)C[C@H](C1)C2.CCC1C[C@@H]2CC(C(C)C)C[C@H](C1)C2. The third-order valence-corrected chi connectivity index (χ3v) is 31.1. The fourth-order valence-corrected chi connectivity index (χ4v) is 24.2. The van der Waals surface area contributed by atoms with E-state index < -0.39 is 0 Å². The number of rotatable bonds is 11. The summed E-state index contributed by atoms with van der Waals surface area (Å²) in [7, 11) is 0. The van der Waals surface area contributed by atoms with Gasteiger partial charge < -0.3 is 0 Å². The van der Waals surface area contributed by atoms with Crippen LogP contribution >= 0.6 is 0 Å². The highest BCUT2D eigenvalue weighted by molar-refractivity contribution is 4.90. The molecule has 12 aliphatic carbocycles. The smallest absolute Gasteiger partial charge is 0.0352 e. The minimum absolute atomic E-state index is 0.639. The molecule has 0 heterocycles. The maximum absolute atomic E-state index is 2.45. The Labute approximate surface area is 640 Å². The second-order valence-corrected chi connectivity index (χ2v) is 43.5. The van der Waals surface area contributed by atoms with Gasteiger partial charge in [-0.15, -0.1) is 0 Å². The standard InChI is InChI=1S/C14H26.2C13H24.2C13H26.C12H22.C12H24.C11H22/c1-4-11-5-12-7-13(6-11)9-14(8-12)10(2)3;1-9(2)13-7-11-4-10(3)5-12(6-11)8-13;1-10(2)13-8-11-5-3-4-6-12(7-11)9-13;1-11(2)7-8-12-6-5-9-13(3,4)10-12;1-12(2)13-10-8-6-4-3-5-7-9-11-13;1-9(2)12-7-10-4-3-5-11(6-10)8-12;1-11(2)12-9-7-5-3-4-6-8-10-12;1-10(2)11-8-6-4-3-5-7-9-11/h10-14H,4-9H2,1-3H3;9-13H,4-8H2,1-3H3;10-13H,3-9H2,1-2H3;11-12H,5-10H2,1-4H3;12-13H,3-11H2,1-2H3;9-12H,3-8H2,1-2H3;11-12H,3-10H2,1-2H3;10-11H,3-9H2,1-2H3/t11?,12-,13+,14?;10?,11-,12+,13?;11-,12+,13?;12-;;10-,11+,12?;;/m...0..../s1. The first-order valence-electron chi connectivity index (χ1n) is 48.3. The molecule has 0 N–H and O–H groups in total. The van der Waals surface area contributed by atoms with E-state index in [0.717, 1.165) is 154 Å². The molecular formula is C101H194. The van der Waals surface area contributed by atoms with Crippen LogP contribution in [0.2, 0.25) is 0 Å². The van der Waals surface area contributed by atoms with Crippen LogP contribution in [-0.4, -0.2) is 0 Å². The van der Waals surface area contributed by atoms with Crippen LogP contribution in [0.1, 0.15) is 485 Å². The molecule has 0 aliphatic heterocycles. The molecule has 0 nitrogen and oxygen atoms in total. The molecule has 12 rings (SSSR count). The van der Waals surface area contributed by atoms with E-state index in [9.17, 15) is 0 Å². The van der Waals surface area contributed by atoms with E-state index in [1.165, 1.54) is 231 Å². The highest BCUT2D eigenvalue weighted by atomic mass is 14.4. The Hall–Kier alpha value is 0. The van der Waals surface area contributed by atoms with Gasteiger partial charge in [0.15, 0.2) is 0 Å². The van der Waals surface area contributed by atoms with E-state index >= 15 is 0 Å². The van der Waals surface area contributed by atoms with Crippen LogP contribution in [0.25, 0.3) is 0 Å². The van der Waals surface area contributed by atoms with Crippen molar-refractivity contribution in [3.05, 3.63) is 0 Å². The van der Waals surface area contributed by atoms with Crippen molar-refractivity contribution < 1.29 is 0 Å². The molecule has 0 saturated heterocycles. The minimum Gasteiger partial charge on any atom is -0.0651 e. The molecule has 0 amide bonds. The zero-order valence-corrected chi connectivity index (χ0v) is 73.7. The highest BCUT2D eigenvalue weighted by Crippen LogP contribution is 2.50. The summed E-state index contributed by atoms with van der Waals surface area (Å²) in [6.45, 7) is 48.1. The Morgan fingerprint density at radius 3 is 0.782 bits per heavy atom. The summed E-state index contributed by atoms with van der Waals surface area (Å²) in [5, 5.41) is 0. The van der Waals surface area contributed by atoms with Gasteiger partial charge in [0.05, 0.1) is 0 Å². The first kappa shape index (κ1) is 91.6. The van der Waals surface area contributed by atoms with Crippen molar-refractivity contribution in [1.29, 1.82) is 0 Å². The van der Waals surface area contributed by atoms with Crippen LogP contribution in [-0.2, 0) is 0 Å². The summed E-state index contributed by atoms with van der Waals surface area (Å²) in [4.78, 5) is 0. The van der Waals surface area contributed by atoms with E-state index in [-0.39, 0.29) is 0 Å². The third-order valence-electron chi connectivity index (χ3n) is 31.1. The van der Waals surface area contributed by atoms with Gasteiger partial charge in [-0.25, -0.2) is 0 Å². The monoisotopic (exact) mass is 1410 g/mol. The van der Waals surface area contributed by atoms with Crippen LogP contribution in [0.5, 0.6) is 0 Å². The lowest BCUT2D eigenvalue weighted by Crippen LogP contribution is -2.32. The Bertz CT molecular complexity index is 1860. The van der Waals surface area contributed by atoms with Crippen LogP contribution in [0, 0.1) is 159 Å². The van der Waals surface area contributed by atoms with Gasteiger partial charge in [0, 0.05) is 0 Å². The maximum Gasteiger partial charge on any atom is -0.0352 e. The van der Waals surface area contributed by atoms with Crippen molar-refractivity contribution in [3.8, 4) is 0 Å². The lowest BCUT2D eigenvalue weighted by atomic mass is 9.62. The van der Waals surface area contributed by atoms with E-state index in [2.05, 4.69) is 138 Å². The molecule has 0 aromatic heterocycles. The molecular weight excluding hydrogens is 1210 g/mol. The van der Waals surface area contributed by atoms with Crippen LogP contribution in [0.3, 0.4) is 0 Å². The van der Waals surface area contributed by atoms with Crippen LogP contribution in [0.15, 0.2) is 0 Å². The summed E-state index contributed by atoms with van der Waals surface area (Å²) in [6.07, 6.45) is 81.6. The summed E-state index contributed by atoms with van der Waals surface area (Å²) in [5.74, 6) is 26.7. The van der Waals surface area contributed by atoms with Gasteiger partial charge in [0.25, 0.3) is 0 Å². The summed E-state index contributed by atoms with van der Waals surface area (Å²) in [6, 6.07) is 0. The molecule has 598 valence electrons. The highest BCUT2D eigenvalue weighted by Gasteiger charge is 2.39. The minimum atomic E-state index is 0.639. The molecule has 0 spiro atoms. The van der Waals surface area contributed by atoms with Crippen LogP contribution in [0.4, 0.5) is 0 Å². The second kappa shape index (κ2) is 51.5. The molecule has 101 heavy (non-hydrogen) atoms. The number of hydrogen-bond acceptors (Lipinski definition) is 0. The Morgan fingerprint density at radius 1 is 0.248 bits per heavy atom. The summed E-state index contributed by atoms with van der Waals surface area (Å²) < 4.78 is 0. The predicted octanol–water partition coefficient (Wildman–Crippen LogP) is 34.5. The summed E-state index contributed by atoms with van der Waals surface area (Å²) >= 11 is 0. The molecule has 8 bridgehead atoms. The fraction of sp³-hybridized carbons (Fsp3) is 1.00. The first-order valence-corrected chi connectivity index (χ1v) is 48.3. The molecule has 12 saturated carbocycles. The van der Waals surface area contributed by atoms with Crippen molar-refractivity contribution in [2.45, 2.75) is 485 Å². The van der Waals surface area contributed by atoms with Crippen molar-refractivity contribution in [1.82, 2.24) is 0 Å². The lowest BCUT2D eigenvalue weighted by molar-refractivity contribution is 0.0763. The number of fused-ring (bicyclic) bond motifs is 8. The average Bonchev–Trinajstić information content (AvgIpc) is 1.12. The van der Waals surface area contributed by atoms with E-state index in [4.69, 9.17) is 0 Å². The van der Waals surface area contributed by atoms with E-state index in [0.29, 0.717) is 5.41 Å². The van der Waals surface area contributed by atoms with Gasteiger partial charge in [-0.2, -0.15) is 0 Å². The summed E-state index contributed by atoms with van der Waals surface area (Å²) in [5.41, 5.74) is 0.639. The molecule has 12 fully saturated rings. The zero-order valence-electron chi connectivity index (χ0n) is 73.7. The topological polar surface area (TPSA) is 0 Å². The van der Waals surface area contributed by atoms with Gasteiger partial charge in [-0.05, 0) is 275 Å². The Balaban J connectivity index is 0.000000208. The van der Waals surface area contributed by atoms with Gasteiger partial charge in [0.1, 0.15) is 0 Å². The molecule has 0 aromatic carbocycles. The Morgan fingerprint density at radius 2 is 0.505 bits per heavy atom. The maximum atomic E-state index is 2.45. The zero-order chi connectivity index (χ0) is 73.7. The Kier molecular flexibility index (Phi) is 46.7. The van der Waals surface area contributed by atoms with Crippen LogP contribution < -0.4 is 0 Å². The quantitative estimate of drug-likeness (QED) is 0.193. The number of hydrogen-bond donors (Lipinski definition) is 0. The van der Waals surface area contributed by atoms with Crippen molar-refractivity contribution in [2.75, 3.05) is 0 Å². The second-order valence-electron chi connectivity index (χ2n) is 43.5. The molecule has 0 radical (unpaired) electrons. The van der Waals surface area contributed by atoms with Crippen molar-refractivity contribution in [3.63, 3.8) is 0 Å². The average molecular weight is 1410 g/mol. The predicted molar refractivity (Wildman–Crippen MR) is 456 cm³/mol. The third kappa shape index (κ3) is 39.0. The molecule has 12 aliphatic rings. The molecule has 0 aromatic rings. The van der Waals surface area contributed by atoms with Crippen molar-refractivity contribution in [2.24, 2.45) is 159 Å². The normalized spacial score (nSPS) is 33.8. The van der Waals surface area contributed by atoms with E-state index in [1.54, 1.807) is 116 Å². The molecule has 6 unspecified atom stereocenters.